The summed E-state index contributed by atoms with van der Waals surface area (Å²) in [5.74, 6) is -0.0646. The van der Waals surface area contributed by atoms with Crippen LogP contribution in [-0.4, -0.2) is 51.0 Å². The molecule has 26 heavy (non-hydrogen) atoms. The summed E-state index contributed by atoms with van der Waals surface area (Å²) in [6.45, 7) is 9.57. The van der Waals surface area contributed by atoms with Gasteiger partial charge in [0.15, 0.2) is 0 Å². The van der Waals surface area contributed by atoms with E-state index in [4.69, 9.17) is 0 Å². The van der Waals surface area contributed by atoms with Crippen molar-refractivity contribution in [2.75, 3.05) is 19.6 Å². The zero-order valence-electron chi connectivity index (χ0n) is 15.9. The SMILES string of the molecule is Cc1ccc(CN2CCN(C(=O)[C@H](C)n3nc(C)cc3C)CC2=O)cc1. The maximum absolute atomic E-state index is 12.8. The third-order valence-corrected chi connectivity index (χ3v) is 4.89. The van der Waals surface area contributed by atoms with E-state index in [1.54, 1.807) is 9.58 Å². The van der Waals surface area contributed by atoms with Crippen molar-refractivity contribution < 1.29 is 9.59 Å². The number of amides is 2. The number of hydrogen-bond acceptors (Lipinski definition) is 3. The van der Waals surface area contributed by atoms with Gasteiger partial charge in [-0.15, -0.1) is 0 Å². The summed E-state index contributed by atoms with van der Waals surface area (Å²) < 4.78 is 1.74. The Bertz CT molecular complexity index is 810. The summed E-state index contributed by atoms with van der Waals surface area (Å²) in [6.07, 6.45) is 0. The number of carbonyl (C=O) groups excluding carboxylic acids is 2. The molecule has 0 bridgehead atoms. The first-order valence-corrected chi connectivity index (χ1v) is 9.00. The van der Waals surface area contributed by atoms with Gasteiger partial charge in [-0.2, -0.15) is 5.10 Å². The Kier molecular flexibility index (Phi) is 5.11. The third-order valence-electron chi connectivity index (χ3n) is 4.89. The number of rotatable bonds is 4. The van der Waals surface area contributed by atoms with E-state index in [9.17, 15) is 9.59 Å². The zero-order chi connectivity index (χ0) is 18.8. The van der Waals surface area contributed by atoms with Gasteiger partial charge < -0.3 is 9.80 Å². The molecule has 1 fully saturated rings. The van der Waals surface area contributed by atoms with Gasteiger partial charge in [-0.3, -0.25) is 14.3 Å². The van der Waals surface area contributed by atoms with Crippen LogP contribution in [0.5, 0.6) is 0 Å². The van der Waals surface area contributed by atoms with Crippen molar-refractivity contribution in [2.45, 2.75) is 40.3 Å². The maximum Gasteiger partial charge on any atom is 0.247 e. The van der Waals surface area contributed by atoms with Gasteiger partial charge in [-0.05, 0) is 39.3 Å². The highest BCUT2D eigenvalue weighted by atomic mass is 16.2. The quantitative estimate of drug-likeness (QED) is 0.846. The van der Waals surface area contributed by atoms with Crippen LogP contribution >= 0.6 is 0 Å². The number of benzene rings is 1. The molecule has 2 amide bonds. The average molecular weight is 354 g/mol. The smallest absolute Gasteiger partial charge is 0.247 e. The number of hydrogen-bond donors (Lipinski definition) is 0. The molecular weight excluding hydrogens is 328 g/mol. The molecule has 0 saturated carbocycles. The molecule has 3 rings (SSSR count). The monoisotopic (exact) mass is 354 g/mol. The molecule has 0 unspecified atom stereocenters. The zero-order valence-corrected chi connectivity index (χ0v) is 15.9. The third kappa shape index (κ3) is 3.79. The van der Waals surface area contributed by atoms with Crippen LogP contribution < -0.4 is 0 Å². The van der Waals surface area contributed by atoms with E-state index in [2.05, 4.69) is 17.2 Å². The lowest BCUT2D eigenvalue weighted by atomic mass is 10.1. The minimum Gasteiger partial charge on any atom is -0.335 e. The van der Waals surface area contributed by atoms with Crippen molar-refractivity contribution in [1.29, 1.82) is 0 Å². The second-order valence-corrected chi connectivity index (χ2v) is 7.11. The van der Waals surface area contributed by atoms with Crippen molar-refractivity contribution in [3.8, 4) is 0 Å². The molecule has 0 spiro atoms. The van der Waals surface area contributed by atoms with Crippen LogP contribution in [-0.2, 0) is 16.1 Å². The molecule has 2 heterocycles. The molecule has 1 aromatic carbocycles. The molecule has 0 aliphatic carbocycles. The first-order valence-electron chi connectivity index (χ1n) is 9.00. The maximum atomic E-state index is 12.8. The minimum absolute atomic E-state index is 0.00857. The summed E-state index contributed by atoms with van der Waals surface area (Å²) in [5.41, 5.74) is 4.15. The fraction of sp³-hybridized carbons (Fsp3) is 0.450. The molecule has 6 heteroatoms. The highest BCUT2D eigenvalue weighted by molar-refractivity contribution is 5.87. The van der Waals surface area contributed by atoms with Crippen molar-refractivity contribution in [3.63, 3.8) is 0 Å². The predicted molar refractivity (Wildman–Crippen MR) is 99.6 cm³/mol. The van der Waals surface area contributed by atoms with Crippen LogP contribution in [0.1, 0.15) is 35.5 Å². The van der Waals surface area contributed by atoms with Crippen LogP contribution in [0.3, 0.4) is 0 Å². The Morgan fingerprint density at radius 1 is 1.15 bits per heavy atom. The molecule has 1 saturated heterocycles. The standard InChI is InChI=1S/C20H26N4O2/c1-14-5-7-18(8-6-14)12-22-9-10-23(13-19(22)25)20(26)17(4)24-16(3)11-15(2)21-24/h5-8,11,17H,9-10,12-13H2,1-4H3/t17-/m0/s1. The van der Waals surface area contributed by atoms with Crippen LogP contribution in [0.4, 0.5) is 0 Å². The number of piperazine rings is 1. The fourth-order valence-corrected chi connectivity index (χ4v) is 3.38. The van der Waals surface area contributed by atoms with Gasteiger partial charge in [-0.1, -0.05) is 29.8 Å². The van der Waals surface area contributed by atoms with Crippen molar-refractivity contribution >= 4 is 11.8 Å². The highest BCUT2D eigenvalue weighted by Crippen LogP contribution is 2.17. The number of nitrogens with zero attached hydrogens (tertiary/aromatic N) is 4. The number of aromatic nitrogens is 2. The normalized spacial score (nSPS) is 16.1. The molecule has 1 aliphatic heterocycles. The van der Waals surface area contributed by atoms with E-state index < -0.39 is 6.04 Å². The summed E-state index contributed by atoms with van der Waals surface area (Å²) in [4.78, 5) is 28.8. The molecule has 1 aliphatic rings. The van der Waals surface area contributed by atoms with Gasteiger partial charge in [0.05, 0.1) is 12.2 Å². The molecule has 138 valence electrons. The Hall–Kier alpha value is -2.63. The molecule has 0 radical (unpaired) electrons. The fourth-order valence-electron chi connectivity index (χ4n) is 3.38. The van der Waals surface area contributed by atoms with E-state index in [1.165, 1.54) is 5.56 Å². The van der Waals surface area contributed by atoms with Gasteiger partial charge in [0.2, 0.25) is 11.8 Å². The number of aryl methyl sites for hydroxylation is 3. The minimum atomic E-state index is -0.403. The van der Waals surface area contributed by atoms with Crippen LogP contribution in [0.15, 0.2) is 30.3 Å². The van der Waals surface area contributed by atoms with E-state index >= 15 is 0 Å². The summed E-state index contributed by atoms with van der Waals surface area (Å²) in [7, 11) is 0. The van der Waals surface area contributed by atoms with Gasteiger partial charge in [0.25, 0.3) is 0 Å². The van der Waals surface area contributed by atoms with Crippen molar-refractivity contribution in [1.82, 2.24) is 19.6 Å². The lowest BCUT2D eigenvalue weighted by Gasteiger charge is -2.35. The van der Waals surface area contributed by atoms with Crippen LogP contribution in [0.2, 0.25) is 0 Å². The lowest BCUT2D eigenvalue weighted by Crippen LogP contribution is -2.53. The Labute approximate surface area is 154 Å². The summed E-state index contributed by atoms with van der Waals surface area (Å²) in [5, 5.41) is 4.40. The highest BCUT2D eigenvalue weighted by Gasteiger charge is 2.30. The molecule has 2 aromatic rings. The largest absolute Gasteiger partial charge is 0.335 e. The van der Waals surface area contributed by atoms with E-state index in [0.29, 0.717) is 19.6 Å². The van der Waals surface area contributed by atoms with Crippen LogP contribution in [0, 0.1) is 20.8 Å². The Morgan fingerprint density at radius 2 is 1.85 bits per heavy atom. The van der Waals surface area contributed by atoms with E-state index in [0.717, 1.165) is 17.0 Å². The topological polar surface area (TPSA) is 58.4 Å². The molecule has 6 nitrogen and oxygen atoms in total. The second-order valence-electron chi connectivity index (χ2n) is 7.11. The first kappa shape index (κ1) is 18.2. The lowest BCUT2D eigenvalue weighted by molar-refractivity contribution is -0.147. The van der Waals surface area contributed by atoms with Crippen molar-refractivity contribution in [3.05, 3.63) is 52.8 Å². The van der Waals surface area contributed by atoms with E-state index in [1.807, 2.05) is 50.8 Å². The van der Waals surface area contributed by atoms with Crippen molar-refractivity contribution in [2.24, 2.45) is 0 Å². The van der Waals surface area contributed by atoms with Crippen LogP contribution in [0.25, 0.3) is 0 Å². The molecular formula is C20H26N4O2. The second kappa shape index (κ2) is 7.32. The number of carbonyl (C=O) groups is 2. The predicted octanol–water partition coefficient (Wildman–Crippen LogP) is 2.24. The molecule has 0 N–H and O–H groups in total. The Balaban J connectivity index is 1.62. The first-order chi connectivity index (χ1) is 12.3. The van der Waals surface area contributed by atoms with Gasteiger partial charge in [0.1, 0.15) is 6.04 Å². The van der Waals surface area contributed by atoms with Gasteiger partial charge >= 0.3 is 0 Å². The summed E-state index contributed by atoms with van der Waals surface area (Å²) in [6, 6.07) is 9.75. The summed E-state index contributed by atoms with van der Waals surface area (Å²) >= 11 is 0. The van der Waals surface area contributed by atoms with Gasteiger partial charge in [0, 0.05) is 25.3 Å². The molecule has 1 aromatic heterocycles. The van der Waals surface area contributed by atoms with Gasteiger partial charge in [-0.25, -0.2) is 0 Å². The molecule has 1 atom stereocenters. The Morgan fingerprint density at radius 3 is 2.42 bits per heavy atom. The average Bonchev–Trinajstić information content (AvgIpc) is 2.95. The van der Waals surface area contributed by atoms with E-state index in [-0.39, 0.29) is 18.4 Å².